The van der Waals surface area contributed by atoms with Gasteiger partial charge in [0.2, 0.25) is 0 Å². The smallest absolute Gasteiger partial charge is 0.0707 e. The molecule has 0 fully saturated rings. The average Bonchev–Trinajstić information content (AvgIpc) is 2.10. The molecule has 0 aromatic carbocycles. The minimum absolute atomic E-state index is 0.168. The van der Waals surface area contributed by atoms with Crippen LogP contribution in [0.1, 0.15) is 40.5 Å². The van der Waals surface area contributed by atoms with Gasteiger partial charge in [0.25, 0.3) is 0 Å². The maximum absolute atomic E-state index is 8.79. The Morgan fingerprint density at radius 1 is 1.13 bits per heavy atom. The fourth-order valence-corrected chi connectivity index (χ4v) is 1.14. The number of aliphatic hydroxyl groups excluding tert-OH is 1. The van der Waals surface area contributed by atoms with Crippen molar-refractivity contribution in [1.82, 2.24) is 0 Å². The second-order valence-electron chi connectivity index (χ2n) is 4.88. The number of hydrogen-bond acceptors (Lipinski definition) is 3. The third-order valence-corrected chi connectivity index (χ3v) is 2.27. The predicted molar refractivity (Wildman–Crippen MR) is 62.0 cm³/mol. The van der Waals surface area contributed by atoms with Crippen LogP contribution in [0.25, 0.3) is 0 Å². The third kappa shape index (κ3) is 10.2. The lowest BCUT2D eigenvalue weighted by atomic mass is 10.1. The molecule has 0 aliphatic heterocycles. The van der Waals surface area contributed by atoms with Crippen LogP contribution >= 0.6 is 0 Å². The number of hydrogen-bond donors (Lipinski definition) is 1. The highest BCUT2D eigenvalue weighted by molar-refractivity contribution is 4.67. The number of aliphatic hydroxyl groups is 1. The molecular weight excluding hydrogens is 192 g/mol. The summed E-state index contributed by atoms with van der Waals surface area (Å²) in [7, 11) is 0. The Hall–Kier alpha value is -0.120. The van der Waals surface area contributed by atoms with Gasteiger partial charge >= 0.3 is 0 Å². The van der Waals surface area contributed by atoms with E-state index >= 15 is 0 Å². The average molecular weight is 218 g/mol. The van der Waals surface area contributed by atoms with Crippen molar-refractivity contribution in [2.75, 3.05) is 26.4 Å². The van der Waals surface area contributed by atoms with Gasteiger partial charge in [0, 0.05) is 13.2 Å². The lowest BCUT2D eigenvalue weighted by Gasteiger charge is -2.24. The van der Waals surface area contributed by atoms with Crippen molar-refractivity contribution in [3.63, 3.8) is 0 Å². The Morgan fingerprint density at radius 3 is 2.33 bits per heavy atom. The summed E-state index contributed by atoms with van der Waals surface area (Å²) in [6, 6.07) is 0. The summed E-state index contributed by atoms with van der Waals surface area (Å²) in [5.74, 6) is 0.691. The van der Waals surface area contributed by atoms with Crippen LogP contribution < -0.4 is 0 Å². The molecule has 0 spiro atoms. The first-order valence-electron chi connectivity index (χ1n) is 5.80. The molecular formula is C12H26O3. The van der Waals surface area contributed by atoms with Crippen molar-refractivity contribution < 1.29 is 14.6 Å². The molecule has 0 unspecified atom stereocenters. The van der Waals surface area contributed by atoms with Gasteiger partial charge in [-0.15, -0.1) is 0 Å². The van der Waals surface area contributed by atoms with Crippen molar-refractivity contribution in [2.45, 2.75) is 46.1 Å². The molecule has 3 heteroatoms. The minimum atomic E-state index is -0.240. The topological polar surface area (TPSA) is 38.7 Å². The van der Waals surface area contributed by atoms with Gasteiger partial charge in [-0.1, -0.05) is 13.8 Å². The predicted octanol–water partition coefficient (Wildman–Crippen LogP) is 2.23. The van der Waals surface area contributed by atoms with Crippen LogP contribution in [-0.4, -0.2) is 37.1 Å². The zero-order chi connectivity index (χ0) is 11.7. The molecule has 0 rings (SSSR count). The summed E-state index contributed by atoms with van der Waals surface area (Å²) in [6.45, 7) is 10.6. The van der Waals surface area contributed by atoms with Crippen molar-refractivity contribution in [1.29, 1.82) is 0 Å². The molecule has 0 radical (unpaired) electrons. The maximum Gasteiger partial charge on any atom is 0.0707 e. The molecule has 0 aromatic rings. The van der Waals surface area contributed by atoms with Crippen LogP contribution in [0.4, 0.5) is 0 Å². The fourth-order valence-electron chi connectivity index (χ4n) is 1.14. The SMILES string of the molecule is CC(C)CCOCCOC(C)(C)CCO. The van der Waals surface area contributed by atoms with Gasteiger partial charge in [-0.25, -0.2) is 0 Å². The van der Waals surface area contributed by atoms with Crippen LogP contribution in [-0.2, 0) is 9.47 Å². The fraction of sp³-hybridized carbons (Fsp3) is 1.00. The lowest BCUT2D eigenvalue weighted by molar-refractivity contribution is -0.0573. The molecule has 0 bridgehead atoms. The lowest BCUT2D eigenvalue weighted by Crippen LogP contribution is -2.27. The summed E-state index contributed by atoms with van der Waals surface area (Å²) in [6.07, 6.45) is 1.76. The van der Waals surface area contributed by atoms with Gasteiger partial charge < -0.3 is 14.6 Å². The molecule has 0 aromatic heterocycles. The van der Waals surface area contributed by atoms with Crippen molar-refractivity contribution in [3.8, 4) is 0 Å². The largest absolute Gasteiger partial charge is 0.396 e. The van der Waals surface area contributed by atoms with E-state index in [1.165, 1.54) is 0 Å². The molecule has 0 saturated carbocycles. The van der Waals surface area contributed by atoms with Crippen molar-refractivity contribution in [3.05, 3.63) is 0 Å². The summed E-state index contributed by atoms with van der Waals surface area (Å²) in [5, 5.41) is 8.79. The quantitative estimate of drug-likeness (QED) is 0.603. The first-order chi connectivity index (χ1) is 6.98. The minimum Gasteiger partial charge on any atom is -0.396 e. The number of rotatable bonds is 9. The van der Waals surface area contributed by atoms with Crippen LogP contribution in [0.5, 0.6) is 0 Å². The van der Waals surface area contributed by atoms with Crippen LogP contribution in [0.15, 0.2) is 0 Å². The first kappa shape index (κ1) is 14.9. The molecule has 1 N–H and O–H groups in total. The van der Waals surface area contributed by atoms with Crippen LogP contribution in [0, 0.1) is 5.92 Å². The van der Waals surface area contributed by atoms with Crippen LogP contribution in [0.3, 0.4) is 0 Å². The van der Waals surface area contributed by atoms with Gasteiger partial charge in [-0.2, -0.15) is 0 Å². The summed E-state index contributed by atoms with van der Waals surface area (Å²) in [5.41, 5.74) is -0.240. The monoisotopic (exact) mass is 218 g/mol. The second-order valence-corrected chi connectivity index (χ2v) is 4.88. The van der Waals surface area contributed by atoms with E-state index in [0.29, 0.717) is 25.6 Å². The Labute approximate surface area is 93.8 Å². The molecule has 0 heterocycles. The highest BCUT2D eigenvalue weighted by Gasteiger charge is 2.16. The second kappa shape index (κ2) is 8.08. The Balaban J connectivity index is 3.30. The van der Waals surface area contributed by atoms with E-state index < -0.39 is 0 Å². The standard InChI is InChI=1S/C12H26O3/c1-11(2)5-8-14-9-10-15-12(3,4)6-7-13/h11,13H,5-10H2,1-4H3. The molecule has 0 aliphatic carbocycles. The maximum atomic E-state index is 8.79. The molecule has 0 amide bonds. The van der Waals surface area contributed by atoms with Gasteiger partial charge in [0.05, 0.1) is 18.8 Å². The Morgan fingerprint density at radius 2 is 1.80 bits per heavy atom. The summed E-state index contributed by atoms with van der Waals surface area (Å²) < 4.78 is 11.0. The van der Waals surface area contributed by atoms with Crippen LogP contribution in [0.2, 0.25) is 0 Å². The van der Waals surface area contributed by atoms with E-state index in [2.05, 4.69) is 13.8 Å². The van der Waals surface area contributed by atoms with Crippen molar-refractivity contribution in [2.24, 2.45) is 5.92 Å². The van der Waals surface area contributed by atoms with Gasteiger partial charge in [-0.05, 0) is 32.6 Å². The molecule has 92 valence electrons. The zero-order valence-corrected chi connectivity index (χ0v) is 10.6. The van der Waals surface area contributed by atoms with E-state index in [0.717, 1.165) is 13.0 Å². The molecule has 3 nitrogen and oxygen atoms in total. The zero-order valence-electron chi connectivity index (χ0n) is 10.6. The summed E-state index contributed by atoms with van der Waals surface area (Å²) >= 11 is 0. The van der Waals surface area contributed by atoms with E-state index in [-0.39, 0.29) is 12.2 Å². The Kier molecular flexibility index (Phi) is 8.02. The van der Waals surface area contributed by atoms with Gasteiger partial charge in [0.15, 0.2) is 0 Å². The van der Waals surface area contributed by atoms with E-state index in [1.54, 1.807) is 0 Å². The van der Waals surface area contributed by atoms with E-state index in [1.807, 2.05) is 13.8 Å². The highest BCUT2D eigenvalue weighted by atomic mass is 16.5. The van der Waals surface area contributed by atoms with Gasteiger partial charge in [-0.3, -0.25) is 0 Å². The first-order valence-corrected chi connectivity index (χ1v) is 5.80. The molecule has 0 aliphatic rings. The van der Waals surface area contributed by atoms with E-state index in [4.69, 9.17) is 14.6 Å². The normalized spacial score (nSPS) is 12.4. The third-order valence-electron chi connectivity index (χ3n) is 2.27. The Bertz CT molecular complexity index is 144. The van der Waals surface area contributed by atoms with Crippen molar-refractivity contribution >= 4 is 0 Å². The summed E-state index contributed by atoms with van der Waals surface area (Å²) in [4.78, 5) is 0. The number of ether oxygens (including phenoxy) is 2. The molecule has 15 heavy (non-hydrogen) atoms. The highest BCUT2D eigenvalue weighted by Crippen LogP contribution is 2.13. The molecule has 0 atom stereocenters. The van der Waals surface area contributed by atoms with E-state index in [9.17, 15) is 0 Å². The van der Waals surface area contributed by atoms with Gasteiger partial charge in [0.1, 0.15) is 0 Å². The molecule has 0 saturated heterocycles.